The van der Waals surface area contributed by atoms with E-state index in [4.69, 9.17) is 0 Å². The lowest BCUT2D eigenvalue weighted by Gasteiger charge is -2.36. The molecule has 32 heavy (non-hydrogen) atoms. The Morgan fingerprint density at radius 1 is 1.22 bits per heavy atom. The Morgan fingerprint density at radius 3 is 2.75 bits per heavy atom. The maximum Gasteiger partial charge on any atom is 0.257 e. The number of aliphatic imine (C=N–C) groups is 1. The third-order valence-electron chi connectivity index (χ3n) is 6.56. The number of amides is 1. The van der Waals surface area contributed by atoms with Crippen LogP contribution >= 0.6 is 0 Å². The molecule has 1 unspecified atom stereocenters. The third-order valence-corrected chi connectivity index (χ3v) is 6.56. The molecule has 3 heterocycles. The Bertz CT molecular complexity index is 987. The van der Waals surface area contributed by atoms with Gasteiger partial charge in [-0.05, 0) is 37.0 Å². The van der Waals surface area contributed by atoms with Crippen LogP contribution in [-0.2, 0) is 4.79 Å². The van der Waals surface area contributed by atoms with Crippen LogP contribution in [0.2, 0.25) is 0 Å². The Kier molecular flexibility index (Phi) is 6.88. The molecule has 2 aliphatic rings. The summed E-state index contributed by atoms with van der Waals surface area (Å²) < 4.78 is 0. The van der Waals surface area contributed by atoms with Gasteiger partial charge in [0, 0.05) is 37.8 Å². The van der Waals surface area contributed by atoms with E-state index in [1.807, 2.05) is 41.4 Å². The number of amidine groups is 1. The number of likely N-dealkylation sites (tertiary alicyclic amines) is 1. The molecule has 0 aliphatic carbocycles. The average Bonchev–Trinajstić information content (AvgIpc) is 3.33. The zero-order valence-corrected chi connectivity index (χ0v) is 18.9. The number of pyridine rings is 1. The van der Waals surface area contributed by atoms with Crippen molar-refractivity contribution < 1.29 is 9.90 Å². The van der Waals surface area contributed by atoms with Crippen molar-refractivity contribution in [1.82, 2.24) is 14.8 Å². The lowest BCUT2D eigenvalue weighted by molar-refractivity contribution is -0.126. The van der Waals surface area contributed by atoms with E-state index in [1.54, 1.807) is 6.20 Å². The van der Waals surface area contributed by atoms with E-state index in [9.17, 15) is 9.90 Å². The van der Waals surface area contributed by atoms with E-state index in [-0.39, 0.29) is 17.8 Å². The van der Waals surface area contributed by atoms with Crippen molar-refractivity contribution in [2.45, 2.75) is 51.5 Å². The van der Waals surface area contributed by atoms with Gasteiger partial charge in [-0.2, -0.15) is 0 Å². The highest BCUT2D eigenvalue weighted by atomic mass is 16.3. The number of aliphatic hydroxyl groups excluding tert-OH is 1. The molecule has 6 heteroatoms. The monoisotopic (exact) mass is 432 g/mol. The number of hydrogen-bond donors (Lipinski definition) is 1. The fourth-order valence-corrected chi connectivity index (χ4v) is 4.58. The van der Waals surface area contributed by atoms with Crippen molar-refractivity contribution in [2.24, 2.45) is 4.99 Å². The van der Waals surface area contributed by atoms with Crippen molar-refractivity contribution in [3.63, 3.8) is 0 Å². The number of carbonyl (C=O) groups is 1. The van der Waals surface area contributed by atoms with Crippen molar-refractivity contribution in [3.8, 4) is 0 Å². The van der Waals surface area contributed by atoms with E-state index < -0.39 is 0 Å². The zero-order chi connectivity index (χ0) is 22.5. The summed E-state index contributed by atoms with van der Waals surface area (Å²) in [6.07, 6.45) is 7.34. The first-order valence-corrected chi connectivity index (χ1v) is 11.6. The van der Waals surface area contributed by atoms with Gasteiger partial charge in [-0.3, -0.25) is 9.78 Å². The van der Waals surface area contributed by atoms with Crippen LogP contribution in [0.4, 0.5) is 0 Å². The van der Waals surface area contributed by atoms with Crippen LogP contribution in [-0.4, -0.2) is 51.3 Å². The minimum atomic E-state index is -0.126. The van der Waals surface area contributed by atoms with Gasteiger partial charge in [0.1, 0.15) is 5.84 Å². The second-order valence-corrected chi connectivity index (χ2v) is 8.67. The van der Waals surface area contributed by atoms with Crippen LogP contribution in [0.15, 0.2) is 71.3 Å². The molecule has 1 aromatic carbocycles. The number of benzene rings is 1. The van der Waals surface area contributed by atoms with Crippen LogP contribution in [0.5, 0.6) is 0 Å². The molecule has 4 rings (SSSR count). The standard InChI is InChI=1S/C26H32N4O2/c1-3-4-12-24-28-25(31)23(18-30(24)19(2)21-11-8-14-27-16-21)26(32)29-15-13-22(17-29)20-9-6-5-7-10-20/h5-11,14,16,19,22,31H,3-4,12-13,15,17-18H2,1-2H3/t19?,22-/m1/s1. The smallest absolute Gasteiger partial charge is 0.257 e. The predicted octanol–water partition coefficient (Wildman–Crippen LogP) is 4.83. The van der Waals surface area contributed by atoms with Crippen LogP contribution in [0.1, 0.15) is 62.6 Å². The molecule has 6 nitrogen and oxygen atoms in total. The number of unbranched alkanes of at least 4 members (excludes halogenated alkanes) is 1. The lowest BCUT2D eigenvalue weighted by Crippen LogP contribution is -2.42. The summed E-state index contributed by atoms with van der Waals surface area (Å²) in [5.74, 6) is 0.933. The Hall–Kier alpha value is -3.15. The van der Waals surface area contributed by atoms with Gasteiger partial charge in [-0.15, -0.1) is 0 Å². The van der Waals surface area contributed by atoms with Crippen molar-refractivity contribution in [2.75, 3.05) is 19.6 Å². The van der Waals surface area contributed by atoms with Gasteiger partial charge in [-0.1, -0.05) is 49.7 Å². The largest absolute Gasteiger partial charge is 0.493 e. The second kappa shape index (κ2) is 9.98. The molecule has 1 saturated heterocycles. The Balaban J connectivity index is 1.55. The highest BCUT2D eigenvalue weighted by molar-refractivity contribution is 5.97. The zero-order valence-electron chi connectivity index (χ0n) is 18.9. The number of nitrogens with zero attached hydrogens (tertiary/aromatic N) is 4. The van der Waals surface area contributed by atoms with Crippen LogP contribution in [0, 0.1) is 0 Å². The molecular weight excluding hydrogens is 400 g/mol. The molecule has 1 aromatic heterocycles. The topological polar surface area (TPSA) is 69.0 Å². The predicted molar refractivity (Wildman–Crippen MR) is 126 cm³/mol. The van der Waals surface area contributed by atoms with Gasteiger partial charge in [0.05, 0.1) is 18.2 Å². The molecule has 1 amide bonds. The number of hydrogen-bond acceptors (Lipinski definition) is 5. The minimum Gasteiger partial charge on any atom is -0.493 e. The normalized spacial score (nSPS) is 19.8. The molecule has 0 spiro atoms. The second-order valence-electron chi connectivity index (χ2n) is 8.67. The number of carbonyl (C=O) groups excluding carboxylic acids is 1. The third kappa shape index (κ3) is 4.69. The van der Waals surface area contributed by atoms with E-state index in [2.05, 4.69) is 40.9 Å². The lowest BCUT2D eigenvalue weighted by atomic mass is 9.99. The summed E-state index contributed by atoms with van der Waals surface area (Å²) in [6.45, 7) is 5.96. The van der Waals surface area contributed by atoms with Crippen molar-refractivity contribution in [1.29, 1.82) is 0 Å². The van der Waals surface area contributed by atoms with Crippen molar-refractivity contribution in [3.05, 3.63) is 77.4 Å². The first-order chi connectivity index (χ1) is 15.6. The van der Waals surface area contributed by atoms with Gasteiger partial charge in [0.25, 0.3) is 5.91 Å². The summed E-state index contributed by atoms with van der Waals surface area (Å²) in [5.41, 5.74) is 2.71. The molecular formula is C26H32N4O2. The van der Waals surface area contributed by atoms with Crippen molar-refractivity contribution >= 4 is 11.7 Å². The summed E-state index contributed by atoms with van der Waals surface area (Å²) in [5, 5.41) is 10.7. The fourth-order valence-electron chi connectivity index (χ4n) is 4.58. The molecule has 2 aromatic rings. The highest BCUT2D eigenvalue weighted by Gasteiger charge is 2.34. The highest BCUT2D eigenvalue weighted by Crippen LogP contribution is 2.31. The van der Waals surface area contributed by atoms with E-state index in [0.29, 0.717) is 31.1 Å². The molecule has 168 valence electrons. The van der Waals surface area contributed by atoms with Crippen LogP contribution < -0.4 is 0 Å². The molecule has 0 saturated carbocycles. The number of aromatic nitrogens is 1. The van der Waals surface area contributed by atoms with Crippen LogP contribution in [0.3, 0.4) is 0 Å². The van der Waals surface area contributed by atoms with E-state index in [0.717, 1.165) is 37.1 Å². The van der Waals surface area contributed by atoms with Gasteiger partial charge in [-0.25, -0.2) is 4.99 Å². The molecule has 1 N–H and O–H groups in total. The Labute approximate surface area is 190 Å². The van der Waals surface area contributed by atoms with Crippen LogP contribution in [0.25, 0.3) is 0 Å². The first-order valence-electron chi connectivity index (χ1n) is 11.6. The summed E-state index contributed by atoms with van der Waals surface area (Å²) in [4.78, 5) is 26.2. The van der Waals surface area contributed by atoms with E-state index in [1.165, 1.54) is 5.56 Å². The Morgan fingerprint density at radius 2 is 2.03 bits per heavy atom. The summed E-state index contributed by atoms with van der Waals surface area (Å²) in [6, 6.07) is 14.3. The van der Waals surface area contributed by atoms with Gasteiger partial charge in [0.2, 0.25) is 5.88 Å². The number of rotatable bonds is 7. The summed E-state index contributed by atoms with van der Waals surface area (Å²) >= 11 is 0. The molecule has 0 radical (unpaired) electrons. The van der Waals surface area contributed by atoms with Gasteiger partial charge in [0.15, 0.2) is 0 Å². The average molecular weight is 433 g/mol. The maximum atomic E-state index is 13.4. The number of aliphatic hydroxyl groups is 1. The first kappa shape index (κ1) is 22.1. The summed E-state index contributed by atoms with van der Waals surface area (Å²) in [7, 11) is 0. The van der Waals surface area contributed by atoms with E-state index >= 15 is 0 Å². The fraction of sp³-hybridized carbons (Fsp3) is 0.423. The SMILES string of the molecule is CCCCC1=NC(O)=C(C(=O)N2CC[C@@H](c3ccccc3)C2)CN1C(C)c1cccnc1. The van der Waals surface area contributed by atoms with Gasteiger partial charge < -0.3 is 14.9 Å². The van der Waals surface area contributed by atoms with Gasteiger partial charge >= 0.3 is 0 Å². The minimum absolute atomic E-state index is 0.00542. The maximum absolute atomic E-state index is 13.4. The molecule has 0 bridgehead atoms. The quantitative estimate of drug-likeness (QED) is 0.680. The molecule has 2 aliphatic heterocycles. The molecule has 2 atom stereocenters. The molecule has 1 fully saturated rings.